The third-order valence-corrected chi connectivity index (χ3v) is 6.03. The molecule has 30 heavy (non-hydrogen) atoms. The van der Waals surface area contributed by atoms with Crippen LogP contribution in [0.5, 0.6) is 5.75 Å². The Kier molecular flexibility index (Phi) is 5.47. The lowest BCUT2D eigenvalue weighted by atomic mass is 9.98. The molecule has 2 N–H and O–H groups in total. The number of carboxylic acids is 1. The van der Waals surface area contributed by atoms with Crippen molar-refractivity contribution in [3.8, 4) is 5.75 Å². The number of aromatic nitrogens is 1. The Balaban J connectivity index is 1.71. The number of hydrogen-bond donors (Lipinski definition) is 2. The van der Waals surface area contributed by atoms with Gasteiger partial charge < -0.3 is 14.8 Å². The van der Waals surface area contributed by atoms with E-state index in [9.17, 15) is 13.6 Å². The van der Waals surface area contributed by atoms with Crippen LogP contribution in [0.3, 0.4) is 0 Å². The van der Waals surface area contributed by atoms with E-state index in [0.29, 0.717) is 13.0 Å². The van der Waals surface area contributed by atoms with Crippen molar-refractivity contribution in [3.05, 3.63) is 64.8 Å². The number of benzene rings is 2. The highest BCUT2D eigenvalue weighted by molar-refractivity contribution is 5.88. The van der Waals surface area contributed by atoms with E-state index in [1.54, 1.807) is 19.2 Å². The number of nitrogens with one attached hydrogen (secondary N) is 1. The number of H-pyrrole nitrogens is 1. The maximum Gasteiger partial charge on any atom is 0.335 e. The Morgan fingerprint density at radius 3 is 2.67 bits per heavy atom. The summed E-state index contributed by atoms with van der Waals surface area (Å²) in [5.74, 6) is -0.998. The van der Waals surface area contributed by atoms with Gasteiger partial charge in [-0.3, -0.25) is 4.90 Å². The lowest BCUT2D eigenvalue weighted by Crippen LogP contribution is -2.25. The van der Waals surface area contributed by atoms with Crippen LogP contribution >= 0.6 is 0 Å². The molecule has 2 aromatic carbocycles. The van der Waals surface area contributed by atoms with E-state index < -0.39 is 18.3 Å². The Morgan fingerprint density at radius 2 is 2.03 bits per heavy atom. The number of carbonyl (C=O) groups is 1. The fraction of sp³-hybridized carbons (Fsp3) is 0.348. The highest BCUT2D eigenvalue weighted by Gasteiger charge is 2.38. The van der Waals surface area contributed by atoms with Gasteiger partial charge in [0.05, 0.1) is 12.7 Å². The molecule has 0 aliphatic carbocycles. The minimum Gasteiger partial charge on any atom is -0.496 e. The molecule has 1 aromatic heterocycles. The minimum atomic E-state index is -2.40. The van der Waals surface area contributed by atoms with Crippen molar-refractivity contribution in [3.63, 3.8) is 0 Å². The zero-order valence-electron chi connectivity index (χ0n) is 16.9. The van der Waals surface area contributed by atoms with Gasteiger partial charge in [0.1, 0.15) is 5.75 Å². The van der Waals surface area contributed by atoms with E-state index in [-0.39, 0.29) is 18.2 Å². The standard InChI is InChI=1S/C23H24F2N2O3/c1-13-9-20(30-2)18(17-7-8-26-21(13)17)12-27-11-16(22(24)25)10-19(27)14-3-5-15(6-4-14)23(28)29/h3-9,16,19,22,26H,10-12H2,1-2H3,(H,28,29). The van der Waals surface area contributed by atoms with Crippen molar-refractivity contribution in [1.29, 1.82) is 0 Å². The molecule has 1 aliphatic heterocycles. The molecular weight excluding hydrogens is 390 g/mol. The van der Waals surface area contributed by atoms with Crippen molar-refractivity contribution in [2.24, 2.45) is 5.92 Å². The number of alkyl halides is 2. The maximum atomic E-state index is 13.6. The number of aromatic carboxylic acids is 1. The van der Waals surface area contributed by atoms with Gasteiger partial charge in [0.25, 0.3) is 0 Å². The third-order valence-electron chi connectivity index (χ3n) is 6.03. The fourth-order valence-electron chi connectivity index (χ4n) is 4.47. The molecule has 2 atom stereocenters. The summed E-state index contributed by atoms with van der Waals surface area (Å²) in [5.41, 5.74) is 4.06. The number of fused-ring (bicyclic) bond motifs is 1. The number of aromatic amines is 1. The maximum absolute atomic E-state index is 13.6. The molecule has 5 nitrogen and oxygen atoms in total. The lowest BCUT2D eigenvalue weighted by molar-refractivity contribution is 0.0696. The quantitative estimate of drug-likeness (QED) is 0.595. The minimum absolute atomic E-state index is 0.183. The first kappa shape index (κ1) is 20.3. The molecule has 0 bridgehead atoms. The van der Waals surface area contributed by atoms with Crippen molar-refractivity contribution in [2.45, 2.75) is 32.4 Å². The summed E-state index contributed by atoms with van der Waals surface area (Å²) in [7, 11) is 1.62. The molecule has 7 heteroatoms. The molecular formula is C23H24F2N2O3. The van der Waals surface area contributed by atoms with Gasteiger partial charge in [-0.1, -0.05) is 12.1 Å². The summed E-state index contributed by atoms with van der Waals surface area (Å²) < 4.78 is 32.8. The first-order valence-electron chi connectivity index (χ1n) is 9.88. The molecule has 1 fully saturated rings. The first-order chi connectivity index (χ1) is 14.4. The number of likely N-dealkylation sites (tertiary alicyclic amines) is 1. The molecule has 0 saturated carbocycles. The Labute approximate surface area is 173 Å². The summed E-state index contributed by atoms with van der Waals surface area (Å²) in [4.78, 5) is 16.4. The fourth-order valence-corrected chi connectivity index (χ4v) is 4.47. The lowest BCUT2D eigenvalue weighted by Gasteiger charge is -2.26. The first-order valence-corrected chi connectivity index (χ1v) is 9.88. The number of ether oxygens (including phenoxy) is 1. The zero-order valence-corrected chi connectivity index (χ0v) is 16.9. The molecule has 0 spiro atoms. The Morgan fingerprint density at radius 1 is 1.30 bits per heavy atom. The van der Waals surface area contributed by atoms with Gasteiger partial charge in [-0.05, 0) is 48.7 Å². The number of nitrogens with zero attached hydrogens (tertiary/aromatic N) is 1. The summed E-state index contributed by atoms with van der Waals surface area (Å²) >= 11 is 0. The van der Waals surface area contributed by atoms with Gasteiger partial charge in [0.2, 0.25) is 6.43 Å². The highest BCUT2D eigenvalue weighted by Crippen LogP contribution is 2.41. The van der Waals surface area contributed by atoms with E-state index in [1.165, 1.54) is 12.1 Å². The molecule has 4 rings (SSSR count). The zero-order chi connectivity index (χ0) is 21.4. The molecule has 0 radical (unpaired) electrons. The smallest absolute Gasteiger partial charge is 0.335 e. The van der Waals surface area contributed by atoms with Gasteiger partial charge in [-0.2, -0.15) is 0 Å². The van der Waals surface area contributed by atoms with Gasteiger partial charge in [-0.15, -0.1) is 0 Å². The van der Waals surface area contributed by atoms with Gasteiger partial charge in [-0.25, -0.2) is 13.6 Å². The second-order valence-electron chi connectivity index (χ2n) is 7.84. The van der Waals surface area contributed by atoms with Gasteiger partial charge in [0, 0.05) is 47.7 Å². The molecule has 0 amide bonds. The number of halogens is 2. The van der Waals surface area contributed by atoms with Crippen LogP contribution in [0.2, 0.25) is 0 Å². The molecule has 1 aliphatic rings. The van der Waals surface area contributed by atoms with Gasteiger partial charge >= 0.3 is 5.97 Å². The second-order valence-corrected chi connectivity index (χ2v) is 7.84. The summed E-state index contributed by atoms with van der Waals surface area (Å²) in [6, 6.07) is 10.3. The Bertz CT molecular complexity index is 1060. The van der Waals surface area contributed by atoms with Crippen LogP contribution in [-0.2, 0) is 6.54 Å². The van der Waals surface area contributed by atoms with Gasteiger partial charge in [0.15, 0.2) is 0 Å². The molecule has 3 aromatic rings. The van der Waals surface area contributed by atoms with E-state index in [2.05, 4.69) is 4.98 Å². The average molecular weight is 414 g/mol. The second kappa shape index (κ2) is 8.07. The van der Waals surface area contributed by atoms with Crippen molar-refractivity contribution in [1.82, 2.24) is 9.88 Å². The summed E-state index contributed by atoms with van der Waals surface area (Å²) in [6.45, 7) is 2.74. The van der Waals surface area contributed by atoms with E-state index in [1.807, 2.05) is 30.2 Å². The predicted octanol–water partition coefficient (Wildman–Crippen LogP) is 5.01. The van der Waals surface area contributed by atoms with Crippen molar-refractivity contribution >= 4 is 16.9 Å². The number of hydrogen-bond acceptors (Lipinski definition) is 3. The predicted molar refractivity (Wildman–Crippen MR) is 110 cm³/mol. The number of aryl methyl sites for hydroxylation is 1. The normalized spacial score (nSPS) is 19.6. The number of methoxy groups -OCH3 is 1. The van der Waals surface area contributed by atoms with E-state index >= 15 is 0 Å². The molecule has 2 unspecified atom stereocenters. The van der Waals surface area contributed by atoms with Crippen LogP contribution in [0.25, 0.3) is 10.9 Å². The Hall–Kier alpha value is -2.93. The van der Waals surface area contributed by atoms with E-state index in [0.717, 1.165) is 33.3 Å². The number of rotatable bonds is 6. The number of carboxylic acid groups (broad SMARTS) is 1. The molecule has 158 valence electrons. The van der Waals surface area contributed by atoms with Crippen LogP contribution in [0.1, 0.15) is 39.5 Å². The topological polar surface area (TPSA) is 65.6 Å². The molecule has 2 heterocycles. The SMILES string of the molecule is COc1cc(C)c2[nH]ccc2c1CN1CC(C(F)F)CC1c1ccc(C(=O)O)cc1. The average Bonchev–Trinajstić information content (AvgIpc) is 3.38. The van der Waals surface area contributed by atoms with Crippen LogP contribution in [0.4, 0.5) is 8.78 Å². The summed E-state index contributed by atoms with van der Waals surface area (Å²) in [6.07, 6.45) is -0.202. The van der Waals surface area contributed by atoms with Crippen LogP contribution < -0.4 is 4.74 Å². The third kappa shape index (κ3) is 3.65. The molecule has 1 saturated heterocycles. The monoisotopic (exact) mass is 414 g/mol. The largest absolute Gasteiger partial charge is 0.496 e. The van der Waals surface area contributed by atoms with Crippen LogP contribution in [0.15, 0.2) is 42.6 Å². The van der Waals surface area contributed by atoms with Crippen LogP contribution in [0, 0.1) is 12.8 Å². The summed E-state index contributed by atoms with van der Waals surface area (Å²) in [5, 5.41) is 10.2. The highest BCUT2D eigenvalue weighted by atomic mass is 19.3. The van der Waals surface area contributed by atoms with E-state index in [4.69, 9.17) is 9.84 Å². The van der Waals surface area contributed by atoms with Crippen LogP contribution in [-0.4, -0.2) is 41.0 Å². The van der Waals surface area contributed by atoms with Crippen molar-refractivity contribution < 1.29 is 23.4 Å². The van der Waals surface area contributed by atoms with Crippen molar-refractivity contribution in [2.75, 3.05) is 13.7 Å².